The molecule has 0 aromatic heterocycles. The number of aliphatic hydroxyl groups is 1. The van der Waals surface area contributed by atoms with E-state index in [0.29, 0.717) is 11.1 Å². The number of aromatic hydroxyl groups is 1. The van der Waals surface area contributed by atoms with Crippen molar-refractivity contribution in [1.29, 1.82) is 0 Å². The number of fused-ring (bicyclic) bond motifs is 1. The number of hydrogen-bond acceptors (Lipinski definition) is 2. The van der Waals surface area contributed by atoms with Crippen molar-refractivity contribution in [2.75, 3.05) is 0 Å². The Balaban J connectivity index is 2.94. The molecule has 2 heteroatoms. The standard InChI is InChI=1S/C22H22O2/c1-5-15(6-2)17(7-3)21(19(23)8-4)22-18-12-10-9-11-16(18)13-14-20(22)24/h5-14,23-24H,1,4H2,2-3H3/b15-6-,17-7+,21-19-. The summed E-state index contributed by atoms with van der Waals surface area (Å²) in [5.41, 5.74) is 2.78. The minimum atomic E-state index is 0.0101. The van der Waals surface area contributed by atoms with Crippen molar-refractivity contribution in [2.45, 2.75) is 13.8 Å². The van der Waals surface area contributed by atoms with E-state index in [4.69, 9.17) is 0 Å². The summed E-state index contributed by atoms with van der Waals surface area (Å²) in [5, 5.41) is 22.9. The second-order valence-electron chi connectivity index (χ2n) is 5.30. The van der Waals surface area contributed by atoms with Crippen LogP contribution in [0.4, 0.5) is 0 Å². The van der Waals surface area contributed by atoms with Crippen LogP contribution in [-0.4, -0.2) is 10.2 Å². The number of aliphatic hydroxyl groups excluding tert-OH is 1. The quantitative estimate of drug-likeness (QED) is 0.518. The molecular formula is C22H22O2. The number of rotatable bonds is 5. The molecule has 122 valence electrons. The molecule has 0 spiro atoms. The molecule has 2 N–H and O–H groups in total. The molecule has 0 saturated heterocycles. The first kappa shape index (κ1) is 17.4. The van der Waals surface area contributed by atoms with Crippen LogP contribution in [0.1, 0.15) is 19.4 Å². The first-order chi connectivity index (χ1) is 11.6. The average molecular weight is 318 g/mol. The number of hydrogen-bond donors (Lipinski definition) is 2. The second-order valence-corrected chi connectivity index (χ2v) is 5.30. The van der Waals surface area contributed by atoms with E-state index in [-0.39, 0.29) is 11.5 Å². The third-order valence-corrected chi connectivity index (χ3v) is 4.01. The number of allylic oxidation sites excluding steroid dienone is 7. The van der Waals surface area contributed by atoms with Crippen molar-refractivity contribution in [2.24, 2.45) is 0 Å². The Morgan fingerprint density at radius 3 is 2.25 bits per heavy atom. The normalized spacial score (nSPS) is 13.6. The summed E-state index contributed by atoms with van der Waals surface area (Å²) in [6, 6.07) is 11.3. The summed E-state index contributed by atoms with van der Waals surface area (Å²) in [7, 11) is 0. The van der Waals surface area contributed by atoms with E-state index in [0.717, 1.165) is 21.9 Å². The molecule has 2 rings (SSSR count). The fourth-order valence-corrected chi connectivity index (χ4v) is 2.86. The van der Waals surface area contributed by atoms with Gasteiger partial charge in [-0.05, 0) is 47.9 Å². The summed E-state index contributed by atoms with van der Waals surface area (Å²) in [5.74, 6) is 0.118. The fourth-order valence-electron chi connectivity index (χ4n) is 2.86. The highest BCUT2D eigenvalue weighted by Gasteiger charge is 2.20. The van der Waals surface area contributed by atoms with Crippen LogP contribution in [0, 0.1) is 0 Å². The number of benzene rings is 2. The smallest absolute Gasteiger partial charge is 0.124 e. The summed E-state index contributed by atoms with van der Waals surface area (Å²) < 4.78 is 0. The third kappa shape index (κ3) is 3.04. The lowest BCUT2D eigenvalue weighted by molar-refractivity contribution is 0.434. The van der Waals surface area contributed by atoms with Crippen LogP contribution in [0.5, 0.6) is 5.75 Å². The van der Waals surface area contributed by atoms with Gasteiger partial charge in [-0.15, -0.1) is 0 Å². The zero-order chi connectivity index (χ0) is 17.7. The molecule has 0 unspecified atom stereocenters. The van der Waals surface area contributed by atoms with Gasteiger partial charge in [0.1, 0.15) is 11.5 Å². The van der Waals surface area contributed by atoms with Crippen molar-refractivity contribution in [1.82, 2.24) is 0 Å². The maximum atomic E-state index is 10.5. The minimum Gasteiger partial charge on any atom is -0.507 e. The topological polar surface area (TPSA) is 40.5 Å². The van der Waals surface area contributed by atoms with Gasteiger partial charge in [0.15, 0.2) is 0 Å². The van der Waals surface area contributed by atoms with E-state index < -0.39 is 0 Å². The van der Waals surface area contributed by atoms with Crippen LogP contribution in [0.3, 0.4) is 0 Å². The highest BCUT2D eigenvalue weighted by atomic mass is 16.3. The monoisotopic (exact) mass is 318 g/mol. The van der Waals surface area contributed by atoms with Gasteiger partial charge in [-0.25, -0.2) is 0 Å². The van der Waals surface area contributed by atoms with Gasteiger partial charge in [0.05, 0.1) is 0 Å². The summed E-state index contributed by atoms with van der Waals surface area (Å²) in [4.78, 5) is 0. The summed E-state index contributed by atoms with van der Waals surface area (Å²) in [6.07, 6.45) is 6.93. The first-order valence-electron chi connectivity index (χ1n) is 7.81. The Morgan fingerprint density at radius 1 is 0.958 bits per heavy atom. The van der Waals surface area contributed by atoms with E-state index in [2.05, 4.69) is 13.2 Å². The molecule has 0 bridgehead atoms. The van der Waals surface area contributed by atoms with Gasteiger partial charge in [-0.2, -0.15) is 0 Å². The largest absolute Gasteiger partial charge is 0.507 e. The Morgan fingerprint density at radius 2 is 1.67 bits per heavy atom. The van der Waals surface area contributed by atoms with Gasteiger partial charge in [-0.1, -0.05) is 61.7 Å². The molecular weight excluding hydrogens is 296 g/mol. The van der Waals surface area contributed by atoms with Gasteiger partial charge < -0.3 is 10.2 Å². The molecule has 2 nitrogen and oxygen atoms in total. The molecule has 24 heavy (non-hydrogen) atoms. The number of phenolic OH excluding ortho intramolecular Hbond substituents is 1. The van der Waals surface area contributed by atoms with E-state index in [1.165, 1.54) is 6.08 Å². The van der Waals surface area contributed by atoms with Gasteiger partial charge in [0.25, 0.3) is 0 Å². The van der Waals surface area contributed by atoms with Gasteiger partial charge >= 0.3 is 0 Å². The van der Waals surface area contributed by atoms with Crippen LogP contribution in [0.2, 0.25) is 0 Å². The van der Waals surface area contributed by atoms with Crippen molar-refractivity contribution in [3.05, 3.63) is 96.3 Å². The Hall–Kier alpha value is -3.00. The summed E-state index contributed by atoms with van der Waals surface area (Å²) in [6.45, 7) is 11.3. The maximum Gasteiger partial charge on any atom is 0.124 e. The zero-order valence-electron chi connectivity index (χ0n) is 14.1. The van der Waals surface area contributed by atoms with Crippen LogP contribution < -0.4 is 0 Å². The predicted octanol–water partition coefficient (Wildman–Crippen LogP) is 6.08. The van der Waals surface area contributed by atoms with Gasteiger partial charge in [0, 0.05) is 11.1 Å². The Labute approximate surface area is 143 Å². The number of phenols is 1. The highest BCUT2D eigenvalue weighted by Crippen LogP contribution is 2.40. The summed E-state index contributed by atoms with van der Waals surface area (Å²) >= 11 is 0. The van der Waals surface area contributed by atoms with Crippen molar-refractivity contribution < 1.29 is 10.2 Å². The lowest BCUT2D eigenvalue weighted by Crippen LogP contribution is -1.99. The third-order valence-electron chi connectivity index (χ3n) is 4.01. The molecule has 0 saturated carbocycles. The molecule has 2 aromatic carbocycles. The van der Waals surface area contributed by atoms with Crippen molar-refractivity contribution >= 4 is 16.3 Å². The predicted molar refractivity (Wildman–Crippen MR) is 103 cm³/mol. The Bertz CT molecular complexity index is 880. The molecule has 0 fully saturated rings. The van der Waals surface area contributed by atoms with Crippen molar-refractivity contribution in [3.63, 3.8) is 0 Å². The van der Waals surface area contributed by atoms with Crippen LogP contribution in [-0.2, 0) is 0 Å². The molecule has 2 aromatic rings. The lowest BCUT2D eigenvalue weighted by Gasteiger charge is -2.18. The SMILES string of the molecule is C=CC(=C/C)/C(=C\C)C(=C(/O)C=C)/c1c(O)ccc2ccccc12. The maximum absolute atomic E-state index is 10.5. The first-order valence-corrected chi connectivity index (χ1v) is 7.81. The second kappa shape index (κ2) is 7.51. The highest BCUT2D eigenvalue weighted by molar-refractivity contribution is 6.02. The molecule has 0 amide bonds. The Kier molecular flexibility index (Phi) is 5.43. The average Bonchev–Trinajstić information content (AvgIpc) is 2.62. The van der Waals surface area contributed by atoms with Gasteiger partial charge in [-0.3, -0.25) is 0 Å². The zero-order valence-corrected chi connectivity index (χ0v) is 14.1. The van der Waals surface area contributed by atoms with E-state index >= 15 is 0 Å². The van der Waals surface area contributed by atoms with E-state index in [1.807, 2.05) is 56.3 Å². The molecule has 0 aliphatic carbocycles. The van der Waals surface area contributed by atoms with Gasteiger partial charge in [0.2, 0.25) is 0 Å². The van der Waals surface area contributed by atoms with E-state index in [1.54, 1.807) is 12.1 Å². The van der Waals surface area contributed by atoms with Crippen LogP contribution in [0.25, 0.3) is 16.3 Å². The molecule has 0 heterocycles. The van der Waals surface area contributed by atoms with E-state index in [9.17, 15) is 10.2 Å². The fraction of sp³-hybridized carbons (Fsp3) is 0.0909. The van der Waals surface area contributed by atoms with Crippen LogP contribution >= 0.6 is 0 Å². The lowest BCUT2D eigenvalue weighted by atomic mass is 9.87. The molecule has 0 atom stereocenters. The minimum absolute atomic E-state index is 0.0101. The molecule has 0 aliphatic rings. The molecule has 0 aliphatic heterocycles. The molecule has 0 radical (unpaired) electrons. The van der Waals surface area contributed by atoms with Crippen LogP contribution in [0.15, 0.2) is 90.8 Å². The van der Waals surface area contributed by atoms with Crippen molar-refractivity contribution in [3.8, 4) is 5.75 Å².